The molecule has 0 bridgehead atoms. The van der Waals surface area contributed by atoms with Gasteiger partial charge in [0, 0.05) is 26.6 Å². The molecule has 0 aromatic heterocycles. The fourth-order valence-corrected chi connectivity index (χ4v) is 6.08. The van der Waals surface area contributed by atoms with E-state index in [1.807, 2.05) is 4.90 Å². The Morgan fingerprint density at radius 2 is 1.63 bits per heavy atom. The van der Waals surface area contributed by atoms with Crippen molar-refractivity contribution in [1.82, 2.24) is 4.90 Å². The Balaban J connectivity index is 2.44. The zero-order valence-electron chi connectivity index (χ0n) is 21.1. The van der Waals surface area contributed by atoms with E-state index in [2.05, 4.69) is 19.6 Å². The first kappa shape index (κ1) is 29.7. The van der Waals surface area contributed by atoms with Gasteiger partial charge in [-0.2, -0.15) is 26.3 Å². The average molecular weight is 526 g/mol. The van der Waals surface area contributed by atoms with E-state index in [4.69, 9.17) is 0 Å². The summed E-state index contributed by atoms with van der Waals surface area (Å²) in [6, 6.07) is 4.75. The Morgan fingerprint density at radius 1 is 1.06 bits per heavy atom. The van der Waals surface area contributed by atoms with Crippen molar-refractivity contribution >= 4 is 14.0 Å². The number of likely N-dealkylation sites (tertiary alicyclic amines) is 1. The second-order valence-corrected chi connectivity index (χ2v) is 17.1. The quantitative estimate of drug-likeness (QED) is 0.262. The zero-order valence-corrected chi connectivity index (χ0v) is 22.1. The number of rotatable bonds is 9. The summed E-state index contributed by atoms with van der Waals surface area (Å²) in [5, 5.41) is 9.74. The molecule has 1 aliphatic rings. The molecule has 1 aliphatic heterocycles. The molecule has 35 heavy (non-hydrogen) atoms. The van der Waals surface area contributed by atoms with Crippen molar-refractivity contribution in [3.8, 4) is 0 Å². The Kier molecular flexibility index (Phi) is 9.18. The Hall–Kier alpha value is -1.55. The predicted molar refractivity (Wildman–Crippen MR) is 127 cm³/mol. The monoisotopic (exact) mass is 525 g/mol. The number of alkyl halides is 6. The van der Waals surface area contributed by atoms with E-state index in [-0.39, 0.29) is 18.4 Å². The molecule has 0 aliphatic carbocycles. The average Bonchev–Trinajstić information content (AvgIpc) is 2.71. The summed E-state index contributed by atoms with van der Waals surface area (Å²) in [6.07, 6.45) is -8.36. The number of hydrogen-bond acceptors (Lipinski definition) is 2. The van der Waals surface area contributed by atoms with E-state index in [9.17, 15) is 36.2 Å². The summed E-state index contributed by atoms with van der Waals surface area (Å²) in [5.41, 5.74) is -1.27. The zero-order chi connectivity index (χ0) is 26.8. The van der Waals surface area contributed by atoms with Gasteiger partial charge in [-0.25, -0.2) is 0 Å². The predicted octanol–water partition coefficient (Wildman–Crippen LogP) is 8.01. The van der Waals surface area contributed by atoms with Gasteiger partial charge < -0.3 is 5.11 Å². The van der Waals surface area contributed by atoms with Gasteiger partial charge in [0.15, 0.2) is 0 Å². The fraction of sp³-hybridized carbons (Fsp3) is 0.720. The molecule has 3 nitrogen and oxygen atoms in total. The molecule has 0 unspecified atom stereocenters. The number of carboxylic acids is 1. The summed E-state index contributed by atoms with van der Waals surface area (Å²) in [5.74, 6) is -1.22. The van der Waals surface area contributed by atoms with Crippen LogP contribution in [0.1, 0.15) is 63.1 Å². The van der Waals surface area contributed by atoms with Crippen molar-refractivity contribution < 1.29 is 36.2 Å². The van der Waals surface area contributed by atoms with Crippen LogP contribution in [-0.2, 0) is 11.0 Å². The number of halogens is 6. The minimum atomic E-state index is -4.49. The maximum atomic E-state index is 13.2. The third kappa shape index (κ3) is 8.51. The summed E-state index contributed by atoms with van der Waals surface area (Å²) in [4.78, 5) is 13.9. The molecule has 0 saturated carbocycles. The molecule has 1 heterocycles. The topological polar surface area (TPSA) is 40.5 Å². The number of benzene rings is 1. The fourth-order valence-electron chi connectivity index (χ4n) is 4.88. The number of hydrogen-bond donors (Lipinski definition) is 1. The summed E-state index contributed by atoms with van der Waals surface area (Å²) < 4.78 is 78.8. The molecule has 200 valence electrons. The molecule has 2 rings (SSSR count). The SMILES string of the molecule is CC(C)(C(=O)O)[C@@H]1CCN([C@@H](CCC(F)(F)F)CC[Si](C)(C)C)[C@H](c2ccc(C(F)(F)F)cc2)C1. The van der Waals surface area contributed by atoms with Gasteiger partial charge in [0.05, 0.1) is 11.0 Å². The lowest BCUT2D eigenvalue weighted by Gasteiger charge is -2.47. The molecular weight excluding hydrogens is 488 g/mol. The molecule has 1 N–H and O–H groups in total. The molecule has 1 aromatic carbocycles. The third-order valence-electron chi connectivity index (χ3n) is 7.30. The van der Waals surface area contributed by atoms with E-state index in [0.29, 0.717) is 31.4 Å². The van der Waals surface area contributed by atoms with Crippen molar-refractivity contribution in [1.29, 1.82) is 0 Å². The number of carboxylic acid groups (broad SMARTS) is 1. The molecule has 3 atom stereocenters. The molecule has 1 fully saturated rings. The first-order chi connectivity index (χ1) is 15.8. The van der Waals surface area contributed by atoms with Crippen LogP contribution in [-0.4, -0.2) is 42.8 Å². The highest BCUT2D eigenvalue weighted by Crippen LogP contribution is 2.45. The van der Waals surface area contributed by atoms with Gasteiger partial charge in [-0.3, -0.25) is 9.69 Å². The molecule has 0 amide bonds. The Labute approximate surface area is 204 Å². The van der Waals surface area contributed by atoms with Crippen LogP contribution >= 0.6 is 0 Å². The minimum Gasteiger partial charge on any atom is -0.481 e. The third-order valence-corrected chi connectivity index (χ3v) is 9.08. The van der Waals surface area contributed by atoms with Crippen LogP contribution in [0.15, 0.2) is 24.3 Å². The minimum absolute atomic E-state index is 0.0852. The van der Waals surface area contributed by atoms with E-state index < -0.39 is 49.8 Å². The highest BCUT2D eigenvalue weighted by atomic mass is 28.3. The van der Waals surface area contributed by atoms with Crippen molar-refractivity contribution in [2.24, 2.45) is 11.3 Å². The van der Waals surface area contributed by atoms with Gasteiger partial charge in [0.25, 0.3) is 0 Å². The van der Waals surface area contributed by atoms with Crippen LogP contribution in [0.2, 0.25) is 25.7 Å². The maximum Gasteiger partial charge on any atom is 0.416 e. The van der Waals surface area contributed by atoms with Gasteiger partial charge >= 0.3 is 18.3 Å². The number of nitrogens with zero attached hydrogens (tertiary/aromatic N) is 1. The van der Waals surface area contributed by atoms with Crippen LogP contribution in [0.25, 0.3) is 0 Å². The second-order valence-electron chi connectivity index (χ2n) is 11.5. The van der Waals surface area contributed by atoms with Crippen LogP contribution in [0.5, 0.6) is 0 Å². The lowest BCUT2D eigenvalue weighted by molar-refractivity contribution is -0.153. The van der Waals surface area contributed by atoms with E-state index >= 15 is 0 Å². The lowest BCUT2D eigenvalue weighted by atomic mass is 9.70. The van der Waals surface area contributed by atoms with Gasteiger partial charge in [-0.1, -0.05) is 37.8 Å². The molecule has 1 saturated heterocycles. The number of aliphatic carboxylic acids is 1. The Bertz CT molecular complexity index is 827. The van der Waals surface area contributed by atoms with Crippen LogP contribution in [0.4, 0.5) is 26.3 Å². The van der Waals surface area contributed by atoms with Crippen molar-refractivity contribution in [2.45, 2.75) is 96.1 Å². The van der Waals surface area contributed by atoms with E-state index in [1.165, 1.54) is 12.1 Å². The maximum absolute atomic E-state index is 13.2. The second kappa shape index (κ2) is 10.8. The molecule has 10 heteroatoms. The largest absolute Gasteiger partial charge is 0.481 e. The normalized spacial score (nSPS) is 21.7. The van der Waals surface area contributed by atoms with E-state index in [0.717, 1.165) is 18.2 Å². The van der Waals surface area contributed by atoms with Crippen LogP contribution in [0, 0.1) is 11.3 Å². The van der Waals surface area contributed by atoms with Gasteiger partial charge in [-0.15, -0.1) is 0 Å². The van der Waals surface area contributed by atoms with Gasteiger partial charge in [0.2, 0.25) is 0 Å². The number of carbonyl (C=O) groups is 1. The van der Waals surface area contributed by atoms with Crippen molar-refractivity contribution in [2.75, 3.05) is 6.54 Å². The summed E-state index contributed by atoms with van der Waals surface area (Å²) in [6.45, 7) is 10.1. The standard InChI is InChI=1S/C25H37F6NO2Si/c1-23(2,22(33)34)19-11-14-32(20(10-13-24(26,27)28)12-15-35(3,4)5)21(16-19)17-6-8-18(9-7-17)25(29,30)31/h6-9,19-21H,10-16H2,1-5H3,(H,33,34)/t19-,20+,21+/m1/s1. The van der Waals surface area contributed by atoms with Gasteiger partial charge in [0.1, 0.15) is 0 Å². The van der Waals surface area contributed by atoms with Crippen molar-refractivity contribution in [3.63, 3.8) is 0 Å². The molecule has 1 aromatic rings. The molecule has 0 spiro atoms. The smallest absolute Gasteiger partial charge is 0.416 e. The molecular formula is C25H37F6NO2Si. The summed E-state index contributed by atoms with van der Waals surface area (Å²) >= 11 is 0. The molecule has 0 radical (unpaired) electrons. The highest BCUT2D eigenvalue weighted by molar-refractivity contribution is 6.76. The number of piperidine rings is 1. The Morgan fingerprint density at radius 3 is 2.09 bits per heavy atom. The lowest BCUT2D eigenvalue weighted by Crippen LogP contribution is -2.48. The van der Waals surface area contributed by atoms with Gasteiger partial charge in [-0.05, 0) is 69.7 Å². The van der Waals surface area contributed by atoms with Crippen LogP contribution in [0.3, 0.4) is 0 Å². The summed E-state index contributed by atoms with van der Waals surface area (Å²) in [7, 11) is -1.56. The first-order valence-electron chi connectivity index (χ1n) is 12.0. The van der Waals surface area contributed by atoms with Crippen LogP contribution < -0.4 is 0 Å². The van der Waals surface area contributed by atoms with Crippen molar-refractivity contribution in [3.05, 3.63) is 35.4 Å². The van der Waals surface area contributed by atoms with E-state index in [1.54, 1.807) is 13.8 Å². The first-order valence-corrected chi connectivity index (χ1v) is 15.7. The highest BCUT2D eigenvalue weighted by Gasteiger charge is 2.44.